The molecule has 0 amide bonds. The lowest BCUT2D eigenvalue weighted by Crippen LogP contribution is -2.36. The lowest BCUT2D eigenvalue weighted by atomic mass is 9.93. The highest BCUT2D eigenvalue weighted by atomic mass is 19.1. The van der Waals surface area contributed by atoms with Crippen molar-refractivity contribution in [3.63, 3.8) is 0 Å². The number of hydrogen-bond acceptors (Lipinski definition) is 4. The summed E-state index contributed by atoms with van der Waals surface area (Å²) in [5, 5.41) is 12.1. The molecule has 0 fully saturated rings. The van der Waals surface area contributed by atoms with Crippen LogP contribution in [0.1, 0.15) is 55.4 Å². The van der Waals surface area contributed by atoms with Crippen LogP contribution in [0.5, 0.6) is 0 Å². The smallest absolute Gasteiger partial charge is 0.303 e. The van der Waals surface area contributed by atoms with Gasteiger partial charge in [-0.05, 0) is 80.8 Å². The number of benzene rings is 2. The Morgan fingerprint density at radius 1 is 1.25 bits per heavy atom. The molecule has 0 bridgehead atoms. The van der Waals surface area contributed by atoms with Gasteiger partial charge in [0.1, 0.15) is 5.82 Å². The molecular formula is C26H35FN2O3. The van der Waals surface area contributed by atoms with E-state index in [1.807, 2.05) is 6.07 Å². The second-order valence-corrected chi connectivity index (χ2v) is 9.22. The quantitative estimate of drug-likeness (QED) is 0.521. The van der Waals surface area contributed by atoms with Gasteiger partial charge in [-0.15, -0.1) is 0 Å². The predicted molar refractivity (Wildman–Crippen MR) is 127 cm³/mol. The van der Waals surface area contributed by atoms with E-state index in [-0.39, 0.29) is 24.3 Å². The van der Waals surface area contributed by atoms with Gasteiger partial charge >= 0.3 is 5.97 Å². The van der Waals surface area contributed by atoms with Crippen molar-refractivity contribution in [1.82, 2.24) is 0 Å². The largest absolute Gasteiger partial charge is 0.481 e. The SMILES string of the molecule is COC(C)(C)CCN1CCCc2ccc(CNc3ccc(CCC(=O)O)c(F)c3)c(C)c21. The summed E-state index contributed by atoms with van der Waals surface area (Å²) in [6, 6.07) is 9.32. The minimum absolute atomic E-state index is 0.0733. The van der Waals surface area contributed by atoms with Crippen molar-refractivity contribution in [3.8, 4) is 0 Å². The monoisotopic (exact) mass is 442 g/mol. The van der Waals surface area contributed by atoms with Crippen molar-refractivity contribution in [2.24, 2.45) is 0 Å². The number of nitrogens with one attached hydrogen (secondary N) is 1. The van der Waals surface area contributed by atoms with E-state index >= 15 is 0 Å². The summed E-state index contributed by atoms with van der Waals surface area (Å²) in [5.74, 6) is -1.29. The molecule has 0 saturated carbocycles. The third-order valence-corrected chi connectivity index (χ3v) is 6.50. The van der Waals surface area contributed by atoms with Crippen molar-refractivity contribution in [2.75, 3.05) is 30.4 Å². The summed E-state index contributed by atoms with van der Waals surface area (Å²) in [7, 11) is 1.76. The standard InChI is InChI=1S/C26H35FN2O3/c1-18-21(17-28-22-11-9-19(23(27)16-22)10-12-24(30)31)8-7-20-6-5-14-29(25(18)20)15-13-26(2,3)32-4/h7-9,11,16,28H,5-6,10,12-15,17H2,1-4H3,(H,30,31). The van der Waals surface area contributed by atoms with Gasteiger partial charge in [0, 0.05) is 44.5 Å². The van der Waals surface area contributed by atoms with Gasteiger partial charge in [-0.1, -0.05) is 18.2 Å². The van der Waals surface area contributed by atoms with E-state index < -0.39 is 5.97 Å². The van der Waals surface area contributed by atoms with Crippen LogP contribution in [-0.2, 0) is 28.9 Å². The number of anilines is 2. The van der Waals surface area contributed by atoms with Crippen molar-refractivity contribution in [2.45, 2.75) is 65.0 Å². The molecular weight excluding hydrogens is 407 g/mol. The van der Waals surface area contributed by atoms with E-state index in [0.717, 1.165) is 32.4 Å². The lowest BCUT2D eigenvalue weighted by Gasteiger charge is -2.36. The van der Waals surface area contributed by atoms with E-state index in [1.165, 1.54) is 28.4 Å². The normalized spacial score (nSPS) is 13.7. The van der Waals surface area contributed by atoms with Crippen LogP contribution in [0.25, 0.3) is 0 Å². The number of rotatable bonds is 10. The topological polar surface area (TPSA) is 61.8 Å². The summed E-state index contributed by atoms with van der Waals surface area (Å²) in [6.45, 7) is 9.02. The fourth-order valence-electron chi connectivity index (χ4n) is 4.23. The number of aliphatic carboxylic acids is 1. The molecule has 0 saturated heterocycles. The molecule has 32 heavy (non-hydrogen) atoms. The number of methoxy groups -OCH3 is 1. The van der Waals surface area contributed by atoms with Crippen LogP contribution < -0.4 is 10.2 Å². The molecule has 1 aliphatic rings. The Hall–Kier alpha value is -2.60. The third-order valence-electron chi connectivity index (χ3n) is 6.50. The maximum absolute atomic E-state index is 14.3. The first-order valence-electron chi connectivity index (χ1n) is 11.4. The molecule has 2 N–H and O–H groups in total. The number of carbonyl (C=O) groups is 1. The van der Waals surface area contributed by atoms with Crippen LogP contribution >= 0.6 is 0 Å². The van der Waals surface area contributed by atoms with Crippen molar-refractivity contribution in [3.05, 3.63) is 58.4 Å². The highest BCUT2D eigenvalue weighted by Crippen LogP contribution is 2.34. The second kappa shape index (κ2) is 10.3. The number of aryl methyl sites for hydroxylation is 2. The Kier molecular flexibility index (Phi) is 7.77. The Labute approximate surface area is 190 Å². The Morgan fingerprint density at radius 3 is 2.69 bits per heavy atom. The first-order valence-corrected chi connectivity index (χ1v) is 11.4. The van der Waals surface area contributed by atoms with Crippen molar-refractivity contribution >= 4 is 17.3 Å². The highest BCUT2D eigenvalue weighted by Gasteiger charge is 2.24. The summed E-state index contributed by atoms with van der Waals surface area (Å²) < 4.78 is 19.9. The molecule has 0 atom stereocenters. The van der Waals surface area contributed by atoms with Gasteiger partial charge in [0.25, 0.3) is 0 Å². The Bertz CT molecular complexity index is 958. The van der Waals surface area contributed by atoms with Crippen LogP contribution in [0.2, 0.25) is 0 Å². The summed E-state index contributed by atoms with van der Waals surface area (Å²) >= 11 is 0. The summed E-state index contributed by atoms with van der Waals surface area (Å²) in [6.07, 6.45) is 3.33. The average Bonchev–Trinajstić information content (AvgIpc) is 2.76. The molecule has 2 aromatic carbocycles. The van der Waals surface area contributed by atoms with E-state index in [1.54, 1.807) is 13.2 Å². The Morgan fingerprint density at radius 2 is 2.00 bits per heavy atom. The zero-order chi connectivity index (χ0) is 23.3. The number of hydrogen-bond donors (Lipinski definition) is 2. The molecule has 0 aliphatic carbocycles. The van der Waals surface area contributed by atoms with Gasteiger partial charge in [-0.2, -0.15) is 0 Å². The van der Waals surface area contributed by atoms with Crippen LogP contribution in [0.3, 0.4) is 0 Å². The van der Waals surface area contributed by atoms with Crippen LogP contribution in [0.4, 0.5) is 15.8 Å². The molecule has 0 aromatic heterocycles. The van der Waals surface area contributed by atoms with Gasteiger partial charge in [-0.25, -0.2) is 4.39 Å². The first-order chi connectivity index (χ1) is 15.2. The highest BCUT2D eigenvalue weighted by molar-refractivity contribution is 5.67. The number of carboxylic acid groups (broad SMARTS) is 1. The molecule has 2 aromatic rings. The molecule has 5 nitrogen and oxygen atoms in total. The molecule has 0 unspecified atom stereocenters. The third kappa shape index (κ3) is 6.00. The number of halogens is 1. The minimum Gasteiger partial charge on any atom is -0.481 e. The molecule has 174 valence electrons. The second-order valence-electron chi connectivity index (χ2n) is 9.22. The van der Waals surface area contributed by atoms with Crippen molar-refractivity contribution < 1.29 is 19.0 Å². The van der Waals surface area contributed by atoms with Gasteiger partial charge in [0.05, 0.1) is 5.60 Å². The Balaban J connectivity index is 1.71. The van der Waals surface area contributed by atoms with E-state index in [4.69, 9.17) is 9.84 Å². The fraction of sp³-hybridized carbons (Fsp3) is 0.500. The van der Waals surface area contributed by atoms with E-state index in [2.05, 4.69) is 43.1 Å². The molecule has 3 rings (SSSR count). The lowest BCUT2D eigenvalue weighted by molar-refractivity contribution is -0.136. The maximum Gasteiger partial charge on any atom is 0.303 e. The van der Waals surface area contributed by atoms with Crippen LogP contribution in [0.15, 0.2) is 30.3 Å². The zero-order valence-corrected chi connectivity index (χ0v) is 19.6. The summed E-state index contributed by atoms with van der Waals surface area (Å²) in [5.41, 5.74) is 6.15. The summed E-state index contributed by atoms with van der Waals surface area (Å²) in [4.78, 5) is 13.2. The van der Waals surface area contributed by atoms with Gasteiger partial charge < -0.3 is 20.1 Å². The van der Waals surface area contributed by atoms with Crippen LogP contribution in [0, 0.1) is 12.7 Å². The average molecular weight is 443 g/mol. The molecule has 1 aliphatic heterocycles. The zero-order valence-electron chi connectivity index (χ0n) is 19.6. The number of fused-ring (bicyclic) bond motifs is 1. The first kappa shape index (κ1) is 24.1. The molecule has 1 heterocycles. The fourth-order valence-corrected chi connectivity index (χ4v) is 4.23. The number of nitrogens with zero attached hydrogens (tertiary/aromatic N) is 1. The number of carboxylic acids is 1. The van der Waals surface area contributed by atoms with E-state index in [9.17, 15) is 9.18 Å². The molecule has 0 spiro atoms. The van der Waals surface area contributed by atoms with Crippen molar-refractivity contribution in [1.29, 1.82) is 0 Å². The van der Waals surface area contributed by atoms with Gasteiger partial charge in [0.2, 0.25) is 0 Å². The molecule has 6 heteroatoms. The van der Waals surface area contributed by atoms with Gasteiger partial charge in [-0.3, -0.25) is 4.79 Å². The minimum atomic E-state index is -0.922. The van der Waals surface area contributed by atoms with Gasteiger partial charge in [0.15, 0.2) is 0 Å². The number of ether oxygens (including phenoxy) is 1. The predicted octanol–water partition coefficient (Wildman–Crippen LogP) is 5.33. The van der Waals surface area contributed by atoms with E-state index in [0.29, 0.717) is 17.8 Å². The maximum atomic E-state index is 14.3. The van der Waals surface area contributed by atoms with Crippen LogP contribution in [-0.4, -0.2) is 36.9 Å². The molecule has 0 radical (unpaired) electrons.